The maximum absolute atomic E-state index is 12.6. The van der Waals surface area contributed by atoms with Crippen molar-refractivity contribution in [3.05, 3.63) is 0 Å². The summed E-state index contributed by atoms with van der Waals surface area (Å²) in [7, 11) is -3.52. The molecule has 3 aliphatic rings. The fourth-order valence-electron chi connectivity index (χ4n) is 4.77. The molecule has 5 heteroatoms. The van der Waals surface area contributed by atoms with E-state index >= 15 is 0 Å². The predicted molar refractivity (Wildman–Crippen MR) is 76.0 cm³/mol. The lowest BCUT2D eigenvalue weighted by Crippen LogP contribution is -2.53. The second-order valence-corrected chi connectivity index (χ2v) is 8.78. The molecule has 1 heterocycles. The molecule has 0 radical (unpaired) electrons. The average Bonchev–Trinajstić information content (AvgIpc) is 2.66. The fraction of sp³-hybridized carbons (Fsp3) is 0.800. The Morgan fingerprint density at radius 1 is 1.40 bits per heavy atom. The van der Waals surface area contributed by atoms with E-state index in [1.165, 1.54) is 0 Å². The van der Waals surface area contributed by atoms with Crippen LogP contribution in [-0.2, 0) is 14.8 Å². The number of fused-ring (bicyclic) bond motifs is 3. The molecule has 2 unspecified atom stereocenters. The summed E-state index contributed by atoms with van der Waals surface area (Å²) in [6, 6.07) is -0.170. The Morgan fingerprint density at radius 3 is 2.75 bits per heavy atom. The lowest BCUT2D eigenvalue weighted by atomic mass is 9.71. The van der Waals surface area contributed by atoms with Gasteiger partial charge in [0.25, 0.3) is 0 Å². The minimum Gasteiger partial charge on any atom is -0.258 e. The van der Waals surface area contributed by atoms with Gasteiger partial charge in [0.2, 0.25) is 10.0 Å². The Bertz CT molecular complexity index is 625. The Balaban J connectivity index is 2.05. The highest BCUT2D eigenvalue weighted by Crippen LogP contribution is 2.69. The van der Waals surface area contributed by atoms with Crippen molar-refractivity contribution >= 4 is 15.9 Å². The molecule has 1 saturated heterocycles. The molecule has 3 bridgehead atoms. The third-order valence-electron chi connectivity index (χ3n) is 5.92. The Morgan fingerprint density at radius 2 is 2.10 bits per heavy atom. The van der Waals surface area contributed by atoms with Crippen LogP contribution >= 0.6 is 0 Å². The summed E-state index contributed by atoms with van der Waals surface area (Å²) in [5.41, 5.74) is -0.131. The molecule has 110 valence electrons. The minimum atomic E-state index is -3.52. The van der Waals surface area contributed by atoms with E-state index in [0.717, 1.165) is 23.6 Å². The quantitative estimate of drug-likeness (QED) is 0.640. The summed E-state index contributed by atoms with van der Waals surface area (Å²) in [6.45, 7) is 6.19. The van der Waals surface area contributed by atoms with Crippen LogP contribution in [0.4, 0.5) is 0 Å². The van der Waals surface area contributed by atoms with Gasteiger partial charge in [0, 0.05) is 6.42 Å². The van der Waals surface area contributed by atoms with E-state index in [1.54, 1.807) is 0 Å². The first-order chi connectivity index (χ1) is 9.25. The number of carbonyl (C=O) groups excluding carboxylic acids is 1. The van der Waals surface area contributed by atoms with Crippen molar-refractivity contribution in [3.63, 3.8) is 0 Å². The molecular weight excluding hydrogens is 274 g/mol. The summed E-state index contributed by atoms with van der Waals surface area (Å²) in [5, 5.41) is 0. The molecule has 1 spiro atoms. The molecular formula is C15H21NO3S. The molecule has 2 aliphatic carbocycles. The average molecular weight is 295 g/mol. The molecule has 1 amide bonds. The molecule has 0 aromatic carbocycles. The maximum atomic E-state index is 12.6. The maximum Gasteiger partial charge on any atom is 0.312 e. The predicted octanol–water partition coefficient (Wildman–Crippen LogP) is 1.77. The zero-order chi connectivity index (χ0) is 14.8. The van der Waals surface area contributed by atoms with Crippen LogP contribution in [0.2, 0.25) is 0 Å². The first kappa shape index (κ1) is 13.9. The second-order valence-electron chi connectivity index (χ2n) is 6.93. The molecule has 0 aromatic heterocycles. The Kier molecular flexibility index (Phi) is 2.79. The van der Waals surface area contributed by atoms with Crippen LogP contribution in [0.1, 0.15) is 46.5 Å². The van der Waals surface area contributed by atoms with Gasteiger partial charge in [-0.15, -0.1) is 0 Å². The summed E-state index contributed by atoms with van der Waals surface area (Å²) in [6.07, 6.45) is 3.38. The van der Waals surface area contributed by atoms with Crippen molar-refractivity contribution in [1.29, 1.82) is 0 Å². The lowest BCUT2D eigenvalue weighted by Gasteiger charge is -2.42. The molecule has 0 N–H and O–H groups in total. The smallest absolute Gasteiger partial charge is 0.258 e. The van der Waals surface area contributed by atoms with Gasteiger partial charge in [0.1, 0.15) is 0 Å². The van der Waals surface area contributed by atoms with Gasteiger partial charge < -0.3 is 0 Å². The van der Waals surface area contributed by atoms with E-state index in [2.05, 4.69) is 25.7 Å². The number of nitrogens with zero attached hydrogens (tertiary/aromatic N) is 1. The van der Waals surface area contributed by atoms with Gasteiger partial charge in [-0.2, -0.15) is 0 Å². The van der Waals surface area contributed by atoms with Gasteiger partial charge in [-0.3, -0.25) is 4.79 Å². The van der Waals surface area contributed by atoms with Crippen molar-refractivity contribution in [2.24, 2.45) is 16.7 Å². The number of hydrogen-bond acceptors (Lipinski definition) is 3. The topological polar surface area (TPSA) is 54.5 Å². The van der Waals surface area contributed by atoms with E-state index in [9.17, 15) is 13.2 Å². The highest BCUT2D eigenvalue weighted by atomic mass is 32.2. The van der Waals surface area contributed by atoms with Gasteiger partial charge >= 0.3 is 5.91 Å². The van der Waals surface area contributed by atoms with Crippen molar-refractivity contribution in [3.8, 4) is 11.8 Å². The molecule has 3 atom stereocenters. The largest absolute Gasteiger partial charge is 0.312 e. The highest BCUT2D eigenvalue weighted by molar-refractivity contribution is 7.89. The second kappa shape index (κ2) is 4.00. The highest BCUT2D eigenvalue weighted by Gasteiger charge is 2.70. The SMILES string of the molecule is CCC#CC(=O)N1C2C[C@]3(CCC2C3(C)C)CS1(=O)=O. The van der Waals surface area contributed by atoms with E-state index in [0.29, 0.717) is 6.42 Å². The molecule has 0 aromatic rings. The summed E-state index contributed by atoms with van der Waals surface area (Å²) >= 11 is 0. The summed E-state index contributed by atoms with van der Waals surface area (Å²) in [5.74, 6) is 5.04. The molecule has 1 aliphatic heterocycles. The first-order valence-corrected chi connectivity index (χ1v) is 8.91. The molecule has 4 nitrogen and oxygen atoms in total. The molecule has 2 saturated carbocycles. The van der Waals surface area contributed by atoms with Gasteiger partial charge in [-0.05, 0) is 41.9 Å². The first-order valence-electron chi connectivity index (χ1n) is 7.30. The molecule has 20 heavy (non-hydrogen) atoms. The Labute approximate surface area is 121 Å². The number of hydrogen-bond donors (Lipinski definition) is 0. The summed E-state index contributed by atoms with van der Waals surface area (Å²) < 4.78 is 26.2. The van der Waals surface area contributed by atoms with Crippen molar-refractivity contribution < 1.29 is 13.2 Å². The minimum absolute atomic E-state index is 0.00203. The lowest BCUT2D eigenvalue weighted by molar-refractivity contribution is -0.123. The van der Waals surface area contributed by atoms with Crippen LogP contribution in [-0.4, -0.2) is 30.4 Å². The number of carbonyl (C=O) groups is 1. The van der Waals surface area contributed by atoms with Gasteiger partial charge in [0.15, 0.2) is 0 Å². The normalized spacial score (nSPS) is 39.2. The number of sulfonamides is 1. The van der Waals surface area contributed by atoms with E-state index < -0.39 is 15.9 Å². The van der Waals surface area contributed by atoms with Crippen LogP contribution in [0.15, 0.2) is 0 Å². The van der Waals surface area contributed by atoms with Crippen LogP contribution in [0.3, 0.4) is 0 Å². The number of amides is 1. The monoisotopic (exact) mass is 295 g/mol. The van der Waals surface area contributed by atoms with Crippen molar-refractivity contribution in [2.75, 3.05) is 5.75 Å². The van der Waals surface area contributed by atoms with E-state index in [1.807, 2.05) is 6.92 Å². The zero-order valence-electron chi connectivity index (χ0n) is 12.3. The summed E-state index contributed by atoms with van der Waals surface area (Å²) in [4.78, 5) is 12.2. The van der Waals surface area contributed by atoms with E-state index in [4.69, 9.17) is 0 Å². The fourth-order valence-corrected chi connectivity index (χ4v) is 7.18. The number of rotatable bonds is 0. The third kappa shape index (κ3) is 1.54. The third-order valence-corrected chi connectivity index (χ3v) is 7.88. The van der Waals surface area contributed by atoms with Crippen LogP contribution in [0.5, 0.6) is 0 Å². The van der Waals surface area contributed by atoms with Crippen LogP contribution in [0.25, 0.3) is 0 Å². The van der Waals surface area contributed by atoms with E-state index in [-0.39, 0.29) is 28.5 Å². The molecule has 3 fully saturated rings. The van der Waals surface area contributed by atoms with Crippen LogP contribution in [0, 0.1) is 28.6 Å². The van der Waals surface area contributed by atoms with Crippen molar-refractivity contribution in [1.82, 2.24) is 4.31 Å². The van der Waals surface area contributed by atoms with Gasteiger partial charge in [-0.1, -0.05) is 26.7 Å². The Hall–Kier alpha value is -1.02. The van der Waals surface area contributed by atoms with Gasteiger partial charge in [-0.25, -0.2) is 12.7 Å². The van der Waals surface area contributed by atoms with Crippen molar-refractivity contribution in [2.45, 2.75) is 52.5 Å². The molecule has 3 rings (SSSR count). The van der Waals surface area contributed by atoms with Gasteiger partial charge in [0.05, 0.1) is 11.8 Å². The zero-order valence-corrected chi connectivity index (χ0v) is 13.1. The standard InChI is InChI=1S/C15H21NO3S/c1-4-5-6-13(17)16-12-9-15(10-20(16,18)19)8-7-11(12)14(15,2)3/h11-12H,4,7-10H2,1-3H3/t11?,12?,15-/m1/s1. The van der Waals surface area contributed by atoms with Crippen LogP contribution < -0.4 is 0 Å².